The van der Waals surface area contributed by atoms with E-state index < -0.39 is 39.2 Å². The van der Waals surface area contributed by atoms with E-state index >= 15 is 0 Å². The summed E-state index contributed by atoms with van der Waals surface area (Å²) in [5.74, 6) is -3.38. The minimum absolute atomic E-state index is 0.286. The summed E-state index contributed by atoms with van der Waals surface area (Å²) in [5, 5.41) is 2.35. The van der Waals surface area contributed by atoms with Gasteiger partial charge < -0.3 is 9.64 Å². The molecule has 0 saturated heterocycles. The summed E-state index contributed by atoms with van der Waals surface area (Å²) in [6, 6.07) is 8.80. The molecule has 0 spiro atoms. The Kier molecular flexibility index (Phi) is 6.00. The van der Waals surface area contributed by atoms with Gasteiger partial charge in [0.05, 0.1) is 0 Å². The fourth-order valence-electron chi connectivity index (χ4n) is 1.92. The molecule has 1 aliphatic rings. The number of rotatable bonds is 5. The van der Waals surface area contributed by atoms with Crippen LogP contribution < -0.4 is 4.90 Å². The molecule has 2 rings (SSSR count). The third-order valence-corrected chi connectivity index (χ3v) is 5.27. The number of carbonyl (C=O) groups excluding carboxylic acids is 1. The van der Waals surface area contributed by atoms with E-state index in [2.05, 4.69) is 5.10 Å². The van der Waals surface area contributed by atoms with Crippen molar-refractivity contribution >= 4 is 39.3 Å². The molecule has 10 heteroatoms. The van der Waals surface area contributed by atoms with Crippen molar-refractivity contribution in [3.05, 3.63) is 30.3 Å². The van der Waals surface area contributed by atoms with E-state index in [4.69, 9.17) is 16.3 Å². The molecule has 5 nitrogen and oxygen atoms in total. The second-order valence-corrected chi connectivity index (χ2v) is 6.91. The van der Waals surface area contributed by atoms with E-state index in [1.54, 1.807) is 37.3 Å². The molecule has 0 aliphatic carbocycles. The number of anilines is 1. The minimum atomic E-state index is -2.93. The summed E-state index contributed by atoms with van der Waals surface area (Å²) < 4.78 is 44.0. The normalized spacial score (nSPS) is 20.6. The van der Waals surface area contributed by atoms with Crippen molar-refractivity contribution in [2.24, 2.45) is 5.10 Å². The van der Waals surface area contributed by atoms with E-state index in [0.717, 1.165) is 0 Å². The molecule has 1 heterocycles. The zero-order chi connectivity index (χ0) is 17.0. The number of nitrogens with zero attached hydrogens (tertiary/aromatic N) is 3. The average Bonchev–Trinajstić information content (AvgIpc) is 2.82. The Hall–Kier alpha value is -1.61. The first kappa shape index (κ1) is 17.7. The van der Waals surface area contributed by atoms with Crippen molar-refractivity contribution in [3.8, 4) is 0 Å². The van der Waals surface area contributed by atoms with Gasteiger partial charge in [0.15, 0.2) is 17.5 Å². The Morgan fingerprint density at radius 3 is 2.70 bits per heavy atom. The number of amides is 1. The van der Waals surface area contributed by atoms with Crippen LogP contribution in [-0.2, 0) is 20.4 Å². The van der Waals surface area contributed by atoms with Crippen LogP contribution in [0.3, 0.4) is 0 Å². The SMILES string of the molecule is CCN(C(=O)COC1=NN(F)C(Cl)[S+]1C(F)F)c1ccccc1. The van der Waals surface area contributed by atoms with Crippen LogP contribution in [0.4, 0.5) is 18.9 Å². The fraction of sp³-hybridized carbons (Fsp3) is 0.385. The number of hydrogen-bond acceptors (Lipinski definition) is 4. The maximum absolute atomic E-state index is 13.2. The zero-order valence-corrected chi connectivity index (χ0v) is 13.6. The lowest BCUT2D eigenvalue weighted by Gasteiger charge is -2.20. The Balaban J connectivity index is 2.02. The molecule has 23 heavy (non-hydrogen) atoms. The van der Waals surface area contributed by atoms with E-state index in [1.807, 2.05) is 0 Å². The molecule has 0 saturated carbocycles. The molecule has 1 aromatic rings. The highest BCUT2D eigenvalue weighted by atomic mass is 35.5. The summed E-state index contributed by atoms with van der Waals surface area (Å²) in [5.41, 5.74) is 0.646. The predicted octanol–water partition coefficient (Wildman–Crippen LogP) is 2.89. The van der Waals surface area contributed by atoms with Gasteiger partial charge in [-0.15, -0.1) is 0 Å². The van der Waals surface area contributed by atoms with E-state index in [1.165, 1.54) is 4.90 Å². The van der Waals surface area contributed by atoms with Gasteiger partial charge in [0.2, 0.25) is 0 Å². The maximum atomic E-state index is 13.2. The summed E-state index contributed by atoms with van der Waals surface area (Å²) in [4.78, 5) is 12.0. The highest BCUT2D eigenvalue weighted by Gasteiger charge is 2.56. The predicted molar refractivity (Wildman–Crippen MR) is 83.8 cm³/mol. The van der Waals surface area contributed by atoms with Crippen LogP contribution in [0, 0.1) is 0 Å². The molecule has 0 bridgehead atoms. The van der Waals surface area contributed by atoms with E-state index in [0.29, 0.717) is 12.2 Å². The minimum Gasteiger partial charge on any atom is -0.430 e. The van der Waals surface area contributed by atoms with Gasteiger partial charge in [0.1, 0.15) is 0 Å². The fourth-order valence-corrected chi connectivity index (χ4v) is 3.51. The lowest BCUT2D eigenvalue weighted by Crippen LogP contribution is -2.36. The molecule has 1 amide bonds. The average molecular weight is 369 g/mol. The van der Waals surface area contributed by atoms with Crippen molar-refractivity contribution in [1.29, 1.82) is 0 Å². The van der Waals surface area contributed by atoms with Crippen LogP contribution in [0.2, 0.25) is 0 Å². The Labute approximate surface area is 138 Å². The molecule has 1 aromatic carbocycles. The Bertz CT molecular complexity index is 579. The van der Waals surface area contributed by atoms with Crippen molar-refractivity contribution < 1.29 is 22.8 Å². The molecular formula is C13H14ClF3N3O2S+. The number of carbonyl (C=O) groups is 1. The second-order valence-electron chi connectivity index (χ2n) is 4.34. The summed E-state index contributed by atoms with van der Waals surface area (Å²) in [6.45, 7) is 1.60. The van der Waals surface area contributed by atoms with Crippen molar-refractivity contribution in [2.45, 2.75) is 17.5 Å². The van der Waals surface area contributed by atoms with Crippen LogP contribution in [0.5, 0.6) is 0 Å². The monoisotopic (exact) mass is 368 g/mol. The van der Waals surface area contributed by atoms with Crippen LogP contribution in [0.25, 0.3) is 0 Å². The lowest BCUT2D eigenvalue weighted by atomic mass is 10.3. The van der Waals surface area contributed by atoms with E-state index in [9.17, 15) is 18.1 Å². The molecular weight excluding hydrogens is 355 g/mol. The molecule has 2 atom stereocenters. The van der Waals surface area contributed by atoms with Crippen LogP contribution in [0.1, 0.15) is 6.92 Å². The van der Waals surface area contributed by atoms with Gasteiger partial charge in [-0.1, -0.05) is 33.0 Å². The number of para-hydroxylation sites is 1. The quantitative estimate of drug-likeness (QED) is 0.347. The van der Waals surface area contributed by atoms with Gasteiger partial charge in [-0.25, -0.2) is 0 Å². The lowest BCUT2D eigenvalue weighted by molar-refractivity contribution is -0.120. The van der Waals surface area contributed by atoms with Crippen LogP contribution >= 0.6 is 11.6 Å². The second kappa shape index (κ2) is 7.78. The van der Waals surface area contributed by atoms with E-state index in [-0.39, 0.29) is 5.23 Å². The summed E-state index contributed by atoms with van der Waals surface area (Å²) >= 11 is 5.51. The smallest absolute Gasteiger partial charge is 0.430 e. The first-order valence-electron chi connectivity index (χ1n) is 6.61. The topological polar surface area (TPSA) is 45.1 Å². The van der Waals surface area contributed by atoms with Crippen molar-refractivity contribution in [3.63, 3.8) is 0 Å². The first-order chi connectivity index (χ1) is 11.0. The third-order valence-electron chi connectivity index (χ3n) is 2.95. The van der Waals surface area contributed by atoms with Gasteiger partial charge in [0, 0.05) is 12.2 Å². The number of hydrazone groups is 1. The highest BCUT2D eigenvalue weighted by molar-refractivity contribution is 8.12. The summed E-state index contributed by atoms with van der Waals surface area (Å²) in [7, 11) is -2.03. The standard InChI is InChI=1S/C13H14ClF3N3O2S/c1-2-19(9-6-4-3-5-7-9)10(21)8-22-13-18-20(17)11(14)23(13)12(15)16/h3-7,11-12H,2,8H2,1H3/q+1. The number of likely N-dealkylation sites (N-methyl/N-ethyl adjacent to an activating group) is 1. The zero-order valence-electron chi connectivity index (χ0n) is 12.0. The van der Waals surface area contributed by atoms with Gasteiger partial charge in [0.25, 0.3) is 5.91 Å². The Morgan fingerprint density at radius 2 is 2.13 bits per heavy atom. The highest BCUT2D eigenvalue weighted by Crippen LogP contribution is 2.31. The number of benzene rings is 1. The van der Waals surface area contributed by atoms with Gasteiger partial charge in [-0.05, 0) is 30.7 Å². The first-order valence-corrected chi connectivity index (χ1v) is 8.40. The maximum Gasteiger partial charge on any atom is 0.441 e. The number of ether oxygens (including phenoxy) is 1. The van der Waals surface area contributed by atoms with Crippen molar-refractivity contribution in [2.75, 3.05) is 18.1 Å². The van der Waals surface area contributed by atoms with Crippen molar-refractivity contribution in [1.82, 2.24) is 5.23 Å². The molecule has 126 valence electrons. The molecule has 0 radical (unpaired) electrons. The summed E-state index contributed by atoms with van der Waals surface area (Å²) in [6.07, 6.45) is 0. The van der Waals surface area contributed by atoms with Gasteiger partial charge >= 0.3 is 15.8 Å². The Morgan fingerprint density at radius 1 is 1.48 bits per heavy atom. The molecule has 2 unspecified atom stereocenters. The molecule has 1 aliphatic heterocycles. The number of halogens is 4. The molecule has 0 N–H and O–H groups in total. The largest absolute Gasteiger partial charge is 0.441 e. The van der Waals surface area contributed by atoms with Crippen LogP contribution in [0.15, 0.2) is 35.4 Å². The molecule has 0 aromatic heterocycles. The van der Waals surface area contributed by atoms with Gasteiger partial charge in [-0.2, -0.15) is 8.78 Å². The third kappa shape index (κ3) is 4.03. The number of hydrogen-bond donors (Lipinski definition) is 0. The number of alkyl halides is 3. The van der Waals surface area contributed by atoms with Crippen LogP contribution in [-0.4, -0.2) is 40.1 Å². The van der Waals surface area contributed by atoms with Gasteiger partial charge in [-0.3, -0.25) is 4.79 Å². The molecule has 0 fully saturated rings.